The Hall–Kier alpha value is -1.58. The van der Waals surface area contributed by atoms with E-state index < -0.39 is 0 Å². The topological polar surface area (TPSA) is 53.2 Å². The van der Waals surface area contributed by atoms with Crippen LogP contribution in [0.5, 0.6) is 0 Å². The van der Waals surface area contributed by atoms with Crippen molar-refractivity contribution in [2.75, 3.05) is 6.54 Å². The number of nitrogens with one attached hydrogen (secondary N) is 1. The largest absolute Gasteiger partial charge is 0.336 e. The summed E-state index contributed by atoms with van der Waals surface area (Å²) < 4.78 is 0. The van der Waals surface area contributed by atoms with Crippen LogP contribution in [0, 0.1) is 5.92 Å². The highest BCUT2D eigenvalue weighted by atomic mass is 16.2. The number of aromatic amines is 1. The van der Waals surface area contributed by atoms with E-state index in [1.807, 2.05) is 4.90 Å². The minimum absolute atomic E-state index is 0.0142. The zero-order chi connectivity index (χ0) is 12.4. The van der Waals surface area contributed by atoms with Crippen LogP contribution in [-0.2, 0) is 0 Å². The lowest BCUT2D eigenvalue weighted by Crippen LogP contribution is -2.45. The van der Waals surface area contributed by atoms with Crippen molar-refractivity contribution >= 4 is 5.91 Å². The van der Waals surface area contributed by atoms with Crippen LogP contribution >= 0.6 is 0 Å². The molecular formula is C13H18N2O2. The van der Waals surface area contributed by atoms with Crippen LogP contribution in [-0.4, -0.2) is 28.4 Å². The van der Waals surface area contributed by atoms with Crippen LogP contribution in [0.25, 0.3) is 0 Å². The van der Waals surface area contributed by atoms with Crippen LogP contribution in [0.1, 0.15) is 37.0 Å². The molecule has 1 fully saturated rings. The number of rotatable bonds is 1. The van der Waals surface area contributed by atoms with Gasteiger partial charge in [0.25, 0.3) is 5.91 Å². The van der Waals surface area contributed by atoms with Gasteiger partial charge in [0, 0.05) is 24.8 Å². The van der Waals surface area contributed by atoms with Crippen molar-refractivity contribution in [2.24, 2.45) is 5.92 Å². The first kappa shape index (κ1) is 11.9. The maximum atomic E-state index is 12.3. The molecule has 92 valence electrons. The molecule has 0 saturated carbocycles. The molecule has 2 atom stereocenters. The Morgan fingerprint density at radius 3 is 2.76 bits per heavy atom. The van der Waals surface area contributed by atoms with Crippen LogP contribution < -0.4 is 5.56 Å². The van der Waals surface area contributed by atoms with E-state index in [1.165, 1.54) is 18.7 Å². The first-order valence-corrected chi connectivity index (χ1v) is 6.07. The Labute approximate surface area is 101 Å². The number of amides is 1. The molecule has 1 aliphatic heterocycles. The standard InChI is InChI=1S/C13H18N2O2/c1-9-3-4-10(2)15(8-9)13(17)11-5-6-12(16)14-7-11/h5-7,9-10H,3-4,8H2,1-2H3,(H,14,16). The molecule has 1 saturated heterocycles. The molecule has 2 unspecified atom stereocenters. The Balaban J connectivity index is 2.18. The van der Waals surface area contributed by atoms with Crippen molar-refractivity contribution in [3.8, 4) is 0 Å². The molecule has 1 N–H and O–H groups in total. The number of carbonyl (C=O) groups excluding carboxylic acids is 1. The van der Waals surface area contributed by atoms with Gasteiger partial charge in [-0.05, 0) is 31.7 Å². The van der Waals surface area contributed by atoms with Crippen molar-refractivity contribution in [1.29, 1.82) is 0 Å². The lowest BCUT2D eigenvalue weighted by molar-refractivity contribution is 0.0573. The second-order valence-corrected chi connectivity index (χ2v) is 4.93. The third-order valence-electron chi connectivity index (χ3n) is 3.41. The molecule has 0 bridgehead atoms. The predicted molar refractivity (Wildman–Crippen MR) is 66.0 cm³/mol. The van der Waals surface area contributed by atoms with E-state index in [2.05, 4.69) is 18.8 Å². The molecule has 0 radical (unpaired) electrons. The van der Waals surface area contributed by atoms with Gasteiger partial charge in [-0.25, -0.2) is 0 Å². The molecule has 0 spiro atoms. The minimum atomic E-state index is -0.179. The summed E-state index contributed by atoms with van der Waals surface area (Å²) in [5.41, 5.74) is 0.382. The van der Waals surface area contributed by atoms with Gasteiger partial charge < -0.3 is 9.88 Å². The summed E-state index contributed by atoms with van der Waals surface area (Å²) in [4.78, 5) is 27.7. The van der Waals surface area contributed by atoms with E-state index in [9.17, 15) is 9.59 Å². The Morgan fingerprint density at radius 2 is 2.12 bits per heavy atom. The molecule has 17 heavy (non-hydrogen) atoms. The van der Waals surface area contributed by atoms with Gasteiger partial charge in [-0.3, -0.25) is 9.59 Å². The van der Waals surface area contributed by atoms with Crippen molar-refractivity contribution in [2.45, 2.75) is 32.7 Å². The predicted octanol–water partition coefficient (Wildman–Crippen LogP) is 1.64. The zero-order valence-corrected chi connectivity index (χ0v) is 10.3. The average Bonchev–Trinajstić information content (AvgIpc) is 2.32. The third-order valence-corrected chi connectivity index (χ3v) is 3.41. The summed E-state index contributed by atoms with van der Waals surface area (Å²) >= 11 is 0. The molecule has 2 heterocycles. The van der Waals surface area contributed by atoms with Crippen LogP contribution in [0.4, 0.5) is 0 Å². The normalized spacial score (nSPS) is 24.7. The molecule has 1 amide bonds. The molecule has 1 aromatic rings. The summed E-state index contributed by atoms with van der Waals surface area (Å²) in [5.74, 6) is 0.568. The van der Waals surface area contributed by atoms with Gasteiger partial charge in [0.1, 0.15) is 0 Å². The quantitative estimate of drug-likeness (QED) is 0.803. The van der Waals surface area contributed by atoms with Crippen LogP contribution in [0.3, 0.4) is 0 Å². The van der Waals surface area contributed by atoms with Crippen molar-refractivity contribution < 1.29 is 4.79 Å². The number of likely N-dealkylation sites (tertiary alicyclic amines) is 1. The highest BCUT2D eigenvalue weighted by molar-refractivity contribution is 5.94. The SMILES string of the molecule is CC1CCC(C)N(C(=O)c2ccc(=O)[nH]c2)C1. The molecule has 4 nitrogen and oxygen atoms in total. The Kier molecular flexibility index (Phi) is 3.31. The number of carbonyl (C=O) groups is 1. The maximum Gasteiger partial charge on any atom is 0.255 e. The molecule has 4 heteroatoms. The lowest BCUT2D eigenvalue weighted by atomic mass is 9.94. The Morgan fingerprint density at radius 1 is 1.35 bits per heavy atom. The van der Waals surface area contributed by atoms with Gasteiger partial charge in [0.2, 0.25) is 5.56 Å². The zero-order valence-electron chi connectivity index (χ0n) is 10.3. The molecule has 0 aromatic carbocycles. The summed E-state index contributed by atoms with van der Waals surface area (Å²) in [6.07, 6.45) is 3.73. The van der Waals surface area contributed by atoms with Crippen molar-refractivity contribution in [3.05, 3.63) is 34.2 Å². The smallest absolute Gasteiger partial charge is 0.255 e. The first-order chi connectivity index (χ1) is 8.08. The molecule has 1 aliphatic rings. The van der Waals surface area contributed by atoms with Gasteiger partial charge in [-0.1, -0.05) is 6.92 Å². The number of hydrogen-bond acceptors (Lipinski definition) is 2. The summed E-state index contributed by atoms with van der Waals surface area (Å²) in [6, 6.07) is 3.27. The lowest BCUT2D eigenvalue weighted by Gasteiger charge is -2.36. The van der Waals surface area contributed by atoms with E-state index in [1.54, 1.807) is 6.07 Å². The second-order valence-electron chi connectivity index (χ2n) is 4.93. The van der Waals surface area contributed by atoms with Gasteiger partial charge in [0.15, 0.2) is 0 Å². The van der Waals surface area contributed by atoms with Crippen molar-refractivity contribution in [3.63, 3.8) is 0 Å². The molecule has 0 aliphatic carbocycles. The van der Waals surface area contributed by atoms with Crippen LogP contribution in [0.15, 0.2) is 23.1 Å². The molecular weight excluding hydrogens is 216 g/mol. The maximum absolute atomic E-state index is 12.3. The minimum Gasteiger partial charge on any atom is -0.336 e. The highest BCUT2D eigenvalue weighted by Gasteiger charge is 2.27. The number of nitrogens with zero attached hydrogens (tertiary/aromatic N) is 1. The third kappa shape index (κ3) is 2.57. The summed E-state index contributed by atoms with van der Waals surface area (Å²) in [6.45, 7) is 5.05. The van der Waals surface area contributed by atoms with E-state index in [4.69, 9.17) is 0 Å². The Bertz CT molecular complexity index is 446. The van der Waals surface area contributed by atoms with E-state index in [0.29, 0.717) is 11.5 Å². The number of aromatic nitrogens is 1. The second kappa shape index (κ2) is 4.73. The van der Waals surface area contributed by atoms with Gasteiger partial charge in [-0.15, -0.1) is 0 Å². The molecule has 1 aromatic heterocycles. The number of piperidine rings is 1. The van der Waals surface area contributed by atoms with Crippen molar-refractivity contribution in [1.82, 2.24) is 9.88 Å². The highest BCUT2D eigenvalue weighted by Crippen LogP contribution is 2.22. The van der Waals surface area contributed by atoms with E-state index in [0.717, 1.165) is 13.0 Å². The average molecular weight is 234 g/mol. The monoisotopic (exact) mass is 234 g/mol. The first-order valence-electron chi connectivity index (χ1n) is 6.07. The van der Waals surface area contributed by atoms with Crippen LogP contribution in [0.2, 0.25) is 0 Å². The fourth-order valence-corrected chi connectivity index (χ4v) is 2.28. The number of H-pyrrole nitrogens is 1. The fourth-order valence-electron chi connectivity index (χ4n) is 2.28. The van der Waals surface area contributed by atoms with E-state index >= 15 is 0 Å². The fraction of sp³-hybridized carbons (Fsp3) is 0.538. The van der Waals surface area contributed by atoms with Gasteiger partial charge in [-0.2, -0.15) is 0 Å². The number of pyridine rings is 1. The summed E-state index contributed by atoms with van der Waals surface area (Å²) in [5, 5.41) is 0. The van der Waals surface area contributed by atoms with E-state index in [-0.39, 0.29) is 17.5 Å². The van der Waals surface area contributed by atoms with Gasteiger partial charge >= 0.3 is 0 Å². The van der Waals surface area contributed by atoms with Gasteiger partial charge in [0.05, 0.1) is 5.56 Å². The summed E-state index contributed by atoms with van der Waals surface area (Å²) in [7, 11) is 0. The number of hydrogen-bond donors (Lipinski definition) is 1. The molecule has 2 rings (SSSR count).